The Morgan fingerprint density at radius 1 is 1.29 bits per heavy atom. The van der Waals surface area contributed by atoms with Gasteiger partial charge in [0.25, 0.3) is 10.0 Å². The number of thiophene rings is 1. The molecule has 1 aliphatic heterocycles. The summed E-state index contributed by atoms with van der Waals surface area (Å²) in [5.41, 5.74) is 8.08. The lowest BCUT2D eigenvalue weighted by molar-refractivity contribution is 0.314. The molecule has 1 aromatic heterocycles. The van der Waals surface area contributed by atoms with Crippen LogP contribution in [-0.2, 0) is 16.4 Å². The number of nitrogens with two attached hydrogens (primary N) is 1. The van der Waals surface area contributed by atoms with Crippen molar-refractivity contribution in [3.63, 3.8) is 0 Å². The Bertz CT molecular complexity index is 758. The molecule has 2 heterocycles. The van der Waals surface area contributed by atoms with Crippen molar-refractivity contribution in [1.29, 1.82) is 0 Å². The zero-order valence-corrected chi connectivity index (χ0v) is 14.4. The Labute approximate surface area is 136 Å². The average molecular weight is 387 g/mol. The maximum Gasteiger partial charge on any atom is 0.253 e. The van der Waals surface area contributed by atoms with Crippen LogP contribution in [0, 0.1) is 0 Å². The molecule has 0 saturated carbocycles. The van der Waals surface area contributed by atoms with Gasteiger partial charge in [-0.3, -0.25) is 0 Å². The van der Waals surface area contributed by atoms with Gasteiger partial charge in [0.15, 0.2) is 0 Å². The summed E-state index contributed by atoms with van der Waals surface area (Å²) < 4.78 is 28.4. The van der Waals surface area contributed by atoms with Gasteiger partial charge in [0, 0.05) is 13.1 Å². The van der Waals surface area contributed by atoms with Crippen LogP contribution in [0.15, 0.2) is 44.4 Å². The number of halogens is 1. The van der Waals surface area contributed by atoms with E-state index in [2.05, 4.69) is 15.9 Å². The number of rotatable bonds is 3. The third-order valence-electron chi connectivity index (χ3n) is 3.70. The molecular formula is C14H15BrN2O2S2. The second kappa shape index (κ2) is 5.81. The van der Waals surface area contributed by atoms with Crippen LogP contribution in [0.25, 0.3) is 0 Å². The van der Waals surface area contributed by atoms with E-state index in [9.17, 15) is 8.42 Å². The molecule has 0 radical (unpaired) electrons. The fourth-order valence-electron chi connectivity index (χ4n) is 2.71. The van der Waals surface area contributed by atoms with E-state index in [1.807, 2.05) is 24.3 Å². The first kappa shape index (κ1) is 15.2. The van der Waals surface area contributed by atoms with Crippen LogP contribution in [0.4, 0.5) is 0 Å². The average Bonchev–Trinajstić information content (AvgIpc) is 2.93. The van der Waals surface area contributed by atoms with E-state index in [0.717, 1.165) is 15.8 Å². The van der Waals surface area contributed by atoms with Crippen LogP contribution in [-0.4, -0.2) is 25.8 Å². The maximum atomic E-state index is 12.8. The lowest BCUT2D eigenvalue weighted by Gasteiger charge is -2.35. The van der Waals surface area contributed by atoms with E-state index in [4.69, 9.17) is 5.73 Å². The predicted molar refractivity (Wildman–Crippen MR) is 87.9 cm³/mol. The molecule has 4 nitrogen and oxygen atoms in total. The molecule has 0 amide bonds. The number of hydrogen-bond donors (Lipinski definition) is 1. The van der Waals surface area contributed by atoms with E-state index >= 15 is 0 Å². The first-order valence-corrected chi connectivity index (χ1v) is 9.64. The summed E-state index contributed by atoms with van der Waals surface area (Å²) in [5.74, 6) is 0. The van der Waals surface area contributed by atoms with Crippen LogP contribution >= 0.6 is 27.3 Å². The Morgan fingerprint density at radius 3 is 2.71 bits per heavy atom. The first-order chi connectivity index (χ1) is 10.0. The minimum Gasteiger partial charge on any atom is -0.329 e. The SMILES string of the molecule is NCC1c2ccccc2CCN1S(=O)(=O)c1ccc(Br)s1. The first-order valence-electron chi connectivity index (χ1n) is 6.59. The number of fused-ring (bicyclic) bond motifs is 1. The molecule has 2 aromatic rings. The molecule has 1 atom stereocenters. The second-order valence-corrected chi connectivity index (χ2v) is 9.46. The minimum atomic E-state index is -3.50. The molecule has 0 fully saturated rings. The van der Waals surface area contributed by atoms with Gasteiger partial charge in [-0.05, 0) is 45.6 Å². The highest BCUT2D eigenvalue weighted by atomic mass is 79.9. The number of sulfonamides is 1. The van der Waals surface area contributed by atoms with E-state index in [1.54, 1.807) is 12.1 Å². The summed E-state index contributed by atoms with van der Waals surface area (Å²) in [6.07, 6.45) is 0.721. The van der Waals surface area contributed by atoms with Gasteiger partial charge >= 0.3 is 0 Å². The zero-order chi connectivity index (χ0) is 15.0. The van der Waals surface area contributed by atoms with Crippen LogP contribution in [0.1, 0.15) is 17.2 Å². The smallest absolute Gasteiger partial charge is 0.253 e. The molecule has 112 valence electrons. The van der Waals surface area contributed by atoms with Gasteiger partial charge in [-0.2, -0.15) is 4.31 Å². The van der Waals surface area contributed by atoms with Crippen molar-refractivity contribution in [2.45, 2.75) is 16.7 Å². The maximum absolute atomic E-state index is 12.8. The molecular weight excluding hydrogens is 372 g/mol. The Kier molecular flexibility index (Phi) is 4.20. The summed E-state index contributed by atoms with van der Waals surface area (Å²) in [4.78, 5) is 0. The van der Waals surface area contributed by atoms with Crippen molar-refractivity contribution in [2.24, 2.45) is 5.73 Å². The number of nitrogens with zero attached hydrogens (tertiary/aromatic N) is 1. The molecule has 1 unspecified atom stereocenters. The van der Waals surface area contributed by atoms with Gasteiger partial charge in [0.1, 0.15) is 4.21 Å². The van der Waals surface area contributed by atoms with Crippen molar-refractivity contribution in [2.75, 3.05) is 13.1 Å². The normalized spacial score (nSPS) is 19.4. The summed E-state index contributed by atoms with van der Waals surface area (Å²) in [7, 11) is -3.50. The summed E-state index contributed by atoms with van der Waals surface area (Å²) >= 11 is 4.55. The minimum absolute atomic E-state index is 0.281. The monoisotopic (exact) mass is 386 g/mol. The Balaban J connectivity index is 2.03. The van der Waals surface area contributed by atoms with Gasteiger partial charge in [0.2, 0.25) is 0 Å². The van der Waals surface area contributed by atoms with Crippen LogP contribution < -0.4 is 5.73 Å². The van der Waals surface area contributed by atoms with Gasteiger partial charge < -0.3 is 5.73 Å². The van der Waals surface area contributed by atoms with Crippen LogP contribution in [0.2, 0.25) is 0 Å². The number of hydrogen-bond acceptors (Lipinski definition) is 4. The third kappa shape index (κ3) is 2.68. The van der Waals surface area contributed by atoms with Crippen molar-refractivity contribution in [3.05, 3.63) is 51.3 Å². The van der Waals surface area contributed by atoms with E-state index in [0.29, 0.717) is 10.8 Å². The van der Waals surface area contributed by atoms with Gasteiger partial charge in [-0.25, -0.2) is 8.42 Å². The highest BCUT2D eigenvalue weighted by Gasteiger charge is 2.36. The van der Waals surface area contributed by atoms with E-state index in [1.165, 1.54) is 21.2 Å². The molecule has 7 heteroatoms. The summed E-state index contributed by atoms with van der Waals surface area (Å²) in [5, 5.41) is 0. The van der Waals surface area contributed by atoms with Crippen molar-refractivity contribution >= 4 is 37.3 Å². The molecule has 1 aliphatic rings. The van der Waals surface area contributed by atoms with Crippen molar-refractivity contribution in [1.82, 2.24) is 4.31 Å². The summed E-state index contributed by atoms with van der Waals surface area (Å²) in [6, 6.07) is 11.0. The fraction of sp³-hybridized carbons (Fsp3) is 0.286. The topological polar surface area (TPSA) is 63.4 Å². The lowest BCUT2D eigenvalue weighted by Crippen LogP contribution is -2.42. The zero-order valence-electron chi connectivity index (χ0n) is 11.2. The standard InChI is InChI=1S/C14H15BrN2O2S2/c15-13-5-6-14(20-13)21(18,19)17-8-7-10-3-1-2-4-11(10)12(17)9-16/h1-6,12H,7-9,16H2. The largest absolute Gasteiger partial charge is 0.329 e. The highest BCUT2D eigenvalue weighted by Crippen LogP contribution is 2.36. The van der Waals surface area contributed by atoms with E-state index in [-0.39, 0.29) is 12.6 Å². The third-order valence-corrected chi connectivity index (χ3v) is 7.70. The van der Waals surface area contributed by atoms with Gasteiger partial charge in [-0.15, -0.1) is 11.3 Å². The molecule has 0 aliphatic carbocycles. The van der Waals surface area contributed by atoms with Gasteiger partial charge in [0.05, 0.1) is 9.83 Å². The Hall–Kier alpha value is -0.730. The molecule has 0 bridgehead atoms. The van der Waals surface area contributed by atoms with Crippen molar-refractivity contribution < 1.29 is 8.42 Å². The molecule has 0 saturated heterocycles. The fourth-order valence-corrected chi connectivity index (χ4v) is 6.47. The highest BCUT2D eigenvalue weighted by molar-refractivity contribution is 9.11. The molecule has 0 spiro atoms. The number of benzene rings is 1. The van der Waals surface area contributed by atoms with Crippen molar-refractivity contribution in [3.8, 4) is 0 Å². The second-order valence-electron chi connectivity index (χ2n) is 4.87. The van der Waals surface area contributed by atoms with Crippen LogP contribution in [0.3, 0.4) is 0 Å². The molecule has 2 N–H and O–H groups in total. The Morgan fingerprint density at radius 2 is 2.05 bits per heavy atom. The lowest BCUT2D eigenvalue weighted by atomic mass is 9.94. The quantitative estimate of drug-likeness (QED) is 0.881. The predicted octanol–water partition coefficient (Wildman–Crippen LogP) is 2.76. The van der Waals surface area contributed by atoms with Crippen LogP contribution in [0.5, 0.6) is 0 Å². The molecule has 21 heavy (non-hydrogen) atoms. The molecule has 1 aromatic carbocycles. The van der Waals surface area contributed by atoms with E-state index < -0.39 is 10.0 Å². The molecule has 3 rings (SSSR count). The van der Waals surface area contributed by atoms with Gasteiger partial charge in [-0.1, -0.05) is 24.3 Å². The summed E-state index contributed by atoms with van der Waals surface area (Å²) in [6.45, 7) is 0.750.